The Balaban J connectivity index is 1.62. The lowest BCUT2D eigenvalue weighted by molar-refractivity contribution is -0.133. The van der Waals surface area contributed by atoms with Crippen molar-refractivity contribution in [3.63, 3.8) is 0 Å². The molecule has 1 N–H and O–H groups in total. The molecule has 0 unspecified atom stereocenters. The molecule has 0 spiro atoms. The topological polar surface area (TPSA) is 66.5 Å². The zero-order valence-corrected chi connectivity index (χ0v) is 15.2. The molecule has 3 rings (SSSR count). The average Bonchev–Trinajstić information content (AvgIpc) is 2.76. The number of hydrogen-bond donors (Lipinski definition) is 1. The largest absolute Gasteiger partial charge is 0.333 e. The second-order valence-electron chi connectivity index (χ2n) is 5.96. The number of carbonyl (C=O) groups is 1. The van der Waals surface area contributed by atoms with Crippen molar-refractivity contribution in [2.24, 2.45) is 0 Å². The van der Waals surface area contributed by atoms with Gasteiger partial charge in [0.1, 0.15) is 4.90 Å². The van der Waals surface area contributed by atoms with Crippen molar-refractivity contribution in [2.45, 2.75) is 42.7 Å². The summed E-state index contributed by atoms with van der Waals surface area (Å²) in [6.45, 7) is 0.0162. The van der Waals surface area contributed by atoms with Crippen molar-refractivity contribution < 1.29 is 13.2 Å². The smallest absolute Gasteiger partial charge is 0.243 e. The van der Waals surface area contributed by atoms with Crippen LogP contribution < -0.4 is 4.72 Å². The maximum Gasteiger partial charge on any atom is 0.243 e. The van der Waals surface area contributed by atoms with Gasteiger partial charge in [-0.25, -0.2) is 13.1 Å². The number of nitrogens with zero attached hydrogens (tertiary/aromatic N) is 1. The summed E-state index contributed by atoms with van der Waals surface area (Å²) in [5.74, 6) is -0.0280. The van der Waals surface area contributed by atoms with Crippen molar-refractivity contribution in [1.82, 2.24) is 9.62 Å². The van der Waals surface area contributed by atoms with E-state index in [1.54, 1.807) is 6.07 Å². The number of carbonyl (C=O) groups excluding carboxylic acids is 1. The van der Waals surface area contributed by atoms with Gasteiger partial charge in [0.15, 0.2) is 0 Å². The zero-order valence-electron chi connectivity index (χ0n) is 12.9. The molecule has 2 heterocycles. The predicted molar refractivity (Wildman–Crippen MR) is 93.7 cm³/mol. The fourth-order valence-corrected chi connectivity index (χ4v) is 5.52. The fourth-order valence-electron chi connectivity index (χ4n) is 3.35. The quantitative estimate of drug-likeness (QED) is 0.788. The number of benzene rings is 1. The monoisotopic (exact) mass is 388 g/mol. The SMILES string of the molecule is O=C(CCNS(=O)(=O)c1c(Cl)cccc1Cl)N1[C@H]2CC=C[C@H]1CC2. The molecule has 2 aliphatic rings. The summed E-state index contributed by atoms with van der Waals surface area (Å²) >= 11 is 11.9. The second-order valence-corrected chi connectivity index (χ2v) is 8.48. The van der Waals surface area contributed by atoms with Crippen LogP contribution in [0, 0.1) is 0 Å². The van der Waals surface area contributed by atoms with Gasteiger partial charge >= 0.3 is 0 Å². The minimum absolute atomic E-state index is 0.0162. The van der Waals surface area contributed by atoms with Crippen LogP contribution in [0.4, 0.5) is 0 Å². The van der Waals surface area contributed by atoms with E-state index in [1.165, 1.54) is 12.1 Å². The molecule has 0 radical (unpaired) electrons. The number of halogens is 2. The Morgan fingerprint density at radius 2 is 1.96 bits per heavy atom. The van der Waals surface area contributed by atoms with Crippen LogP contribution in [0.2, 0.25) is 10.0 Å². The van der Waals surface area contributed by atoms with Crippen LogP contribution in [0.25, 0.3) is 0 Å². The lowest BCUT2D eigenvalue weighted by Crippen LogP contribution is -2.43. The predicted octanol–water partition coefficient (Wildman–Crippen LogP) is 2.98. The van der Waals surface area contributed by atoms with Gasteiger partial charge in [0, 0.05) is 19.0 Å². The normalized spacial score (nSPS) is 22.8. The Hall–Kier alpha value is -1.08. The molecule has 0 aliphatic carbocycles. The Morgan fingerprint density at radius 1 is 1.25 bits per heavy atom. The van der Waals surface area contributed by atoms with Gasteiger partial charge < -0.3 is 4.90 Å². The number of nitrogens with one attached hydrogen (secondary N) is 1. The van der Waals surface area contributed by atoms with Gasteiger partial charge in [0.05, 0.1) is 16.1 Å². The van der Waals surface area contributed by atoms with E-state index in [0.29, 0.717) is 0 Å². The third kappa shape index (κ3) is 3.47. The second kappa shape index (κ2) is 7.04. The van der Waals surface area contributed by atoms with Gasteiger partial charge in [0.2, 0.25) is 15.9 Å². The molecule has 1 aromatic carbocycles. The third-order valence-corrected chi connectivity index (χ3v) is 6.83. The molecule has 1 aromatic rings. The van der Waals surface area contributed by atoms with E-state index in [0.717, 1.165) is 19.3 Å². The molecule has 0 aromatic heterocycles. The highest BCUT2D eigenvalue weighted by Crippen LogP contribution is 2.32. The summed E-state index contributed by atoms with van der Waals surface area (Å²) in [7, 11) is -3.86. The van der Waals surface area contributed by atoms with Crippen LogP contribution >= 0.6 is 23.2 Å². The number of sulfonamides is 1. The number of hydrogen-bond acceptors (Lipinski definition) is 3. The first kappa shape index (κ1) is 17.7. The maximum absolute atomic E-state index is 12.4. The van der Waals surface area contributed by atoms with Gasteiger partial charge in [-0.3, -0.25) is 4.79 Å². The molecule has 5 nitrogen and oxygen atoms in total. The first-order chi connectivity index (χ1) is 11.4. The molecular weight excluding hydrogens is 371 g/mol. The Kier molecular flexibility index (Phi) is 5.20. The van der Waals surface area contributed by atoms with Gasteiger partial charge in [-0.15, -0.1) is 0 Å². The van der Waals surface area contributed by atoms with Crippen molar-refractivity contribution >= 4 is 39.1 Å². The molecule has 24 heavy (non-hydrogen) atoms. The molecular formula is C16H18Cl2N2O3S. The van der Waals surface area contributed by atoms with Crippen molar-refractivity contribution in [3.8, 4) is 0 Å². The van der Waals surface area contributed by atoms with Crippen LogP contribution in [0.5, 0.6) is 0 Å². The highest BCUT2D eigenvalue weighted by atomic mass is 35.5. The minimum Gasteiger partial charge on any atom is -0.333 e. The van der Waals surface area contributed by atoms with Crippen LogP contribution in [0.15, 0.2) is 35.2 Å². The van der Waals surface area contributed by atoms with E-state index in [4.69, 9.17) is 23.2 Å². The summed E-state index contributed by atoms with van der Waals surface area (Å²) in [5.41, 5.74) is 0. The molecule has 2 bridgehead atoms. The van der Waals surface area contributed by atoms with Gasteiger partial charge in [-0.05, 0) is 31.4 Å². The Bertz CT molecular complexity index is 759. The number of fused-ring (bicyclic) bond motifs is 2. The van der Waals surface area contributed by atoms with E-state index < -0.39 is 10.0 Å². The van der Waals surface area contributed by atoms with Crippen molar-refractivity contribution in [2.75, 3.05) is 6.54 Å². The minimum atomic E-state index is -3.86. The molecule has 130 valence electrons. The van der Waals surface area contributed by atoms with E-state index >= 15 is 0 Å². The first-order valence-electron chi connectivity index (χ1n) is 7.81. The highest BCUT2D eigenvalue weighted by Gasteiger charge is 2.36. The summed E-state index contributed by atoms with van der Waals surface area (Å²) < 4.78 is 27.1. The van der Waals surface area contributed by atoms with E-state index in [1.807, 2.05) is 4.90 Å². The summed E-state index contributed by atoms with van der Waals surface area (Å²) in [4.78, 5) is 14.2. The highest BCUT2D eigenvalue weighted by molar-refractivity contribution is 7.89. The van der Waals surface area contributed by atoms with Gasteiger partial charge in [-0.1, -0.05) is 41.4 Å². The standard InChI is InChI=1S/C16H18Cl2N2O3S/c17-13-5-2-6-14(18)16(13)24(22,23)19-10-9-15(21)20-11-3-1-4-12(20)8-7-11/h1-3,5-6,11-12,19H,4,7-10H2/t11-,12-/m0/s1. The number of amides is 1. The van der Waals surface area contributed by atoms with E-state index in [2.05, 4.69) is 16.9 Å². The van der Waals surface area contributed by atoms with Crippen LogP contribution in [-0.2, 0) is 14.8 Å². The fraction of sp³-hybridized carbons (Fsp3) is 0.438. The molecule has 2 aliphatic heterocycles. The molecule has 8 heteroatoms. The van der Waals surface area contributed by atoms with E-state index in [-0.39, 0.29) is 45.9 Å². The van der Waals surface area contributed by atoms with Gasteiger partial charge in [-0.2, -0.15) is 0 Å². The molecule has 1 amide bonds. The summed E-state index contributed by atoms with van der Waals surface area (Å²) in [6.07, 6.45) is 7.16. The Labute approximate surface area is 151 Å². The van der Waals surface area contributed by atoms with Gasteiger partial charge in [0.25, 0.3) is 0 Å². The first-order valence-corrected chi connectivity index (χ1v) is 10.1. The van der Waals surface area contributed by atoms with Crippen molar-refractivity contribution in [1.29, 1.82) is 0 Å². The zero-order chi connectivity index (χ0) is 17.3. The lowest BCUT2D eigenvalue weighted by atomic mass is 10.1. The Morgan fingerprint density at radius 3 is 2.62 bits per heavy atom. The lowest BCUT2D eigenvalue weighted by Gasteiger charge is -2.31. The van der Waals surface area contributed by atoms with Crippen molar-refractivity contribution in [3.05, 3.63) is 40.4 Å². The maximum atomic E-state index is 12.4. The average molecular weight is 389 g/mol. The molecule has 1 saturated heterocycles. The summed E-state index contributed by atoms with van der Waals surface area (Å²) in [5, 5.41) is 0.112. The third-order valence-electron chi connectivity index (χ3n) is 4.42. The van der Waals surface area contributed by atoms with Crippen LogP contribution in [0.1, 0.15) is 25.7 Å². The van der Waals surface area contributed by atoms with E-state index in [9.17, 15) is 13.2 Å². The molecule has 1 fully saturated rings. The molecule has 2 atom stereocenters. The number of rotatable bonds is 5. The summed E-state index contributed by atoms with van der Waals surface area (Å²) in [6, 6.07) is 4.91. The molecule has 0 saturated carbocycles. The van der Waals surface area contributed by atoms with Crippen LogP contribution in [-0.4, -0.2) is 37.9 Å². The van der Waals surface area contributed by atoms with Crippen LogP contribution in [0.3, 0.4) is 0 Å².